The highest BCUT2D eigenvalue weighted by molar-refractivity contribution is 5.90. The molecule has 35 heavy (non-hydrogen) atoms. The minimum Gasteiger partial charge on any atom is -0.471 e. The minimum atomic E-state index is -0.342. The molecule has 0 aliphatic carbocycles. The lowest BCUT2D eigenvalue weighted by Gasteiger charge is -2.26. The predicted octanol–water partition coefficient (Wildman–Crippen LogP) is 3.55. The van der Waals surface area contributed by atoms with Gasteiger partial charge in [0.1, 0.15) is 30.0 Å². The van der Waals surface area contributed by atoms with Crippen LogP contribution in [0.2, 0.25) is 0 Å². The molecule has 1 amide bonds. The number of ether oxygens (including phenoxy) is 1. The van der Waals surface area contributed by atoms with Crippen LogP contribution >= 0.6 is 0 Å². The number of nitrogens with one attached hydrogen (secondary N) is 3. The van der Waals surface area contributed by atoms with E-state index in [0.717, 1.165) is 22.3 Å². The number of aromatic nitrogens is 4. The summed E-state index contributed by atoms with van der Waals surface area (Å²) in [6.07, 6.45) is 4.03. The number of fused-ring (bicyclic) bond motifs is 3. The Balaban J connectivity index is 1.34. The molecule has 1 atom stereocenters. The lowest BCUT2D eigenvalue weighted by atomic mass is 9.98. The molecule has 0 radical (unpaired) electrons. The lowest BCUT2D eigenvalue weighted by Crippen LogP contribution is -2.28. The molecule has 0 spiro atoms. The molecule has 10 heteroatoms. The molecule has 3 aromatic heterocycles. The van der Waals surface area contributed by atoms with Crippen molar-refractivity contribution in [2.45, 2.75) is 32.9 Å². The van der Waals surface area contributed by atoms with Gasteiger partial charge in [0.15, 0.2) is 5.82 Å². The third-order valence-corrected chi connectivity index (χ3v) is 6.40. The second-order valence-corrected chi connectivity index (χ2v) is 8.94. The number of carbonyl (C=O) groups is 1. The molecule has 1 aromatic carbocycles. The van der Waals surface area contributed by atoms with Crippen LogP contribution in [0.1, 0.15) is 18.2 Å². The van der Waals surface area contributed by atoms with E-state index in [-0.39, 0.29) is 24.4 Å². The number of amides is 1. The second kappa shape index (κ2) is 8.23. The number of hydrogen-bond donors (Lipinski definition) is 3. The maximum atomic E-state index is 15.2. The second-order valence-electron chi connectivity index (χ2n) is 8.94. The first-order valence-electron chi connectivity index (χ1n) is 11.5. The van der Waals surface area contributed by atoms with Gasteiger partial charge in [-0.05, 0) is 43.0 Å². The average Bonchev–Trinajstić information content (AvgIpc) is 3.10. The van der Waals surface area contributed by atoms with Crippen LogP contribution in [0.3, 0.4) is 0 Å². The molecule has 0 fully saturated rings. The maximum Gasteiger partial charge on any atom is 0.241 e. The molecule has 0 bridgehead atoms. The normalized spacial score (nSPS) is 17.0. The van der Waals surface area contributed by atoms with Crippen LogP contribution in [0, 0.1) is 12.7 Å². The van der Waals surface area contributed by atoms with Gasteiger partial charge in [0.25, 0.3) is 0 Å². The van der Waals surface area contributed by atoms with E-state index in [1.165, 1.54) is 6.07 Å². The van der Waals surface area contributed by atoms with Crippen LogP contribution < -0.4 is 20.7 Å². The van der Waals surface area contributed by atoms with Crippen LogP contribution in [0.25, 0.3) is 21.9 Å². The fourth-order valence-electron chi connectivity index (χ4n) is 4.58. The van der Waals surface area contributed by atoms with Crippen molar-refractivity contribution in [1.29, 1.82) is 0 Å². The number of halogens is 1. The van der Waals surface area contributed by atoms with Crippen molar-refractivity contribution in [3.8, 4) is 17.0 Å². The Hall–Kier alpha value is -4.21. The minimum absolute atomic E-state index is 0.0264. The Morgan fingerprint density at radius 1 is 1.09 bits per heavy atom. The van der Waals surface area contributed by atoms with Gasteiger partial charge in [-0.1, -0.05) is 0 Å². The van der Waals surface area contributed by atoms with Crippen LogP contribution in [0.15, 0.2) is 36.7 Å². The van der Waals surface area contributed by atoms with Gasteiger partial charge in [-0.25, -0.2) is 14.4 Å². The summed E-state index contributed by atoms with van der Waals surface area (Å²) in [6.45, 7) is 5.36. The molecule has 1 unspecified atom stereocenters. The van der Waals surface area contributed by atoms with Crippen molar-refractivity contribution in [2.24, 2.45) is 0 Å². The van der Waals surface area contributed by atoms with E-state index in [9.17, 15) is 4.79 Å². The average molecular weight is 474 g/mol. The van der Waals surface area contributed by atoms with E-state index in [0.29, 0.717) is 53.5 Å². The molecule has 2 aliphatic heterocycles. The van der Waals surface area contributed by atoms with Gasteiger partial charge in [0.05, 0.1) is 6.54 Å². The number of rotatable bonds is 3. The number of carbonyl (C=O) groups excluding carboxylic acids is 1. The summed E-state index contributed by atoms with van der Waals surface area (Å²) < 4.78 is 22.7. The van der Waals surface area contributed by atoms with Crippen molar-refractivity contribution < 1.29 is 13.9 Å². The van der Waals surface area contributed by atoms with E-state index in [2.05, 4.69) is 31.0 Å². The number of pyridine rings is 2. The summed E-state index contributed by atoms with van der Waals surface area (Å²) in [5, 5.41) is 15.4. The van der Waals surface area contributed by atoms with Crippen molar-refractivity contribution in [1.82, 2.24) is 25.1 Å². The fraction of sp³-hybridized carbons (Fsp3) is 0.280. The molecule has 2 aliphatic rings. The SMILES string of the molecule is Cc1c(-c2cc3cc(Nc4cc5n(n4)CC(=O)NCC5)ncc3cc2F)cnc2c1NCC(C)O2. The van der Waals surface area contributed by atoms with Crippen molar-refractivity contribution >= 4 is 34.0 Å². The zero-order chi connectivity index (χ0) is 24.1. The topological polar surface area (TPSA) is 106 Å². The molecular weight excluding hydrogens is 449 g/mol. The zero-order valence-electron chi connectivity index (χ0n) is 19.4. The van der Waals surface area contributed by atoms with Gasteiger partial charge in [0.2, 0.25) is 11.8 Å². The Labute approximate surface area is 200 Å². The molecular formula is C25H24FN7O2. The summed E-state index contributed by atoms with van der Waals surface area (Å²) in [5.41, 5.74) is 3.82. The lowest BCUT2D eigenvalue weighted by molar-refractivity contribution is -0.121. The third kappa shape index (κ3) is 3.90. The van der Waals surface area contributed by atoms with Gasteiger partial charge >= 0.3 is 0 Å². The monoisotopic (exact) mass is 473 g/mol. The van der Waals surface area contributed by atoms with E-state index in [4.69, 9.17) is 4.74 Å². The zero-order valence-corrected chi connectivity index (χ0v) is 19.4. The summed E-state index contributed by atoms with van der Waals surface area (Å²) in [4.78, 5) is 20.7. The fourth-order valence-corrected chi connectivity index (χ4v) is 4.58. The summed E-state index contributed by atoms with van der Waals surface area (Å²) in [6, 6.07) is 7.08. The van der Waals surface area contributed by atoms with Crippen LogP contribution in [-0.4, -0.2) is 44.8 Å². The van der Waals surface area contributed by atoms with E-state index in [1.807, 2.05) is 32.0 Å². The van der Waals surface area contributed by atoms with Crippen LogP contribution in [0.5, 0.6) is 5.88 Å². The van der Waals surface area contributed by atoms with Gasteiger partial charge in [-0.2, -0.15) is 5.10 Å². The summed E-state index contributed by atoms with van der Waals surface area (Å²) >= 11 is 0. The first kappa shape index (κ1) is 21.3. The standard InChI is InChI=1S/C25H24FN7O2/c1-13-9-29-24-14(2)19(11-30-25(24)35-13)18-5-15-7-21(28-10-16(15)6-20(18)26)31-22-8-17-3-4-27-23(34)12-33(17)32-22/h5-8,10-11,13,29H,3-4,9,12H2,1-2H3,(H,27,34)(H,28,31,32). The highest BCUT2D eigenvalue weighted by Gasteiger charge is 2.22. The highest BCUT2D eigenvalue weighted by Crippen LogP contribution is 2.38. The quantitative estimate of drug-likeness (QED) is 0.418. The van der Waals surface area contributed by atoms with E-state index < -0.39 is 0 Å². The molecule has 0 saturated carbocycles. The first-order chi connectivity index (χ1) is 16.9. The molecule has 178 valence electrons. The van der Waals surface area contributed by atoms with Crippen molar-refractivity contribution in [3.05, 3.63) is 53.7 Å². The van der Waals surface area contributed by atoms with Crippen molar-refractivity contribution in [3.63, 3.8) is 0 Å². The number of anilines is 3. The number of nitrogens with zero attached hydrogens (tertiary/aromatic N) is 4. The van der Waals surface area contributed by atoms with Crippen molar-refractivity contribution in [2.75, 3.05) is 23.7 Å². The maximum absolute atomic E-state index is 15.2. The summed E-state index contributed by atoms with van der Waals surface area (Å²) in [5.74, 6) is 1.33. The number of benzene rings is 1. The smallest absolute Gasteiger partial charge is 0.241 e. The first-order valence-corrected chi connectivity index (χ1v) is 11.5. The number of hydrogen-bond acceptors (Lipinski definition) is 7. The largest absolute Gasteiger partial charge is 0.471 e. The third-order valence-electron chi connectivity index (χ3n) is 6.40. The van der Waals surface area contributed by atoms with Gasteiger partial charge in [-0.15, -0.1) is 0 Å². The van der Waals surface area contributed by atoms with E-state index in [1.54, 1.807) is 17.1 Å². The molecule has 6 rings (SSSR count). The van der Waals surface area contributed by atoms with E-state index >= 15 is 4.39 Å². The molecule has 4 aromatic rings. The Kier molecular flexibility index (Phi) is 5.01. The van der Waals surface area contributed by atoms with Gasteiger partial charge in [-0.3, -0.25) is 9.48 Å². The Bertz CT molecular complexity index is 1480. The molecule has 0 saturated heterocycles. The van der Waals surface area contributed by atoms with Gasteiger partial charge < -0.3 is 20.7 Å². The molecule has 5 heterocycles. The highest BCUT2D eigenvalue weighted by atomic mass is 19.1. The molecule has 3 N–H and O–H groups in total. The van der Waals surface area contributed by atoms with Gasteiger partial charge in [0, 0.05) is 53.6 Å². The summed E-state index contributed by atoms with van der Waals surface area (Å²) in [7, 11) is 0. The predicted molar refractivity (Wildman–Crippen MR) is 130 cm³/mol. The van der Waals surface area contributed by atoms with Crippen LogP contribution in [-0.2, 0) is 17.8 Å². The van der Waals surface area contributed by atoms with Crippen LogP contribution in [0.4, 0.5) is 21.7 Å². The Morgan fingerprint density at radius 3 is 2.86 bits per heavy atom. The Morgan fingerprint density at radius 2 is 1.97 bits per heavy atom. The molecule has 9 nitrogen and oxygen atoms in total.